The van der Waals surface area contributed by atoms with Crippen LogP contribution >= 0.6 is 11.6 Å². The molecule has 1 aromatic heterocycles. The van der Waals surface area contributed by atoms with Crippen molar-refractivity contribution in [1.29, 1.82) is 0 Å². The highest BCUT2D eigenvalue weighted by atomic mass is 35.5. The van der Waals surface area contributed by atoms with E-state index in [0.29, 0.717) is 43.4 Å². The summed E-state index contributed by atoms with van der Waals surface area (Å²) in [4.78, 5) is 37.5. The number of nitrogens with one attached hydrogen (secondary N) is 1. The number of carbonyl (C=O) groups is 2. The van der Waals surface area contributed by atoms with Gasteiger partial charge < -0.3 is 15.1 Å². The first kappa shape index (κ1) is 19.6. The van der Waals surface area contributed by atoms with Gasteiger partial charge in [0.2, 0.25) is 11.8 Å². The second-order valence-electron chi connectivity index (χ2n) is 7.54. The molecule has 3 heterocycles. The van der Waals surface area contributed by atoms with Crippen LogP contribution in [0.5, 0.6) is 0 Å². The number of carbonyl (C=O) groups excluding carboxylic acids is 2. The fourth-order valence-corrected chi connectivity index (χ4v) is 3.93. The van der Waals surface area contributed by atoms with Gasteiger partial charge in [0.05, 0.1) is 5.92 Å². The summed E-state index contributed by atoms with van der Waals surface area (Å²) in [6, 6.07) is 7.24. The number of anilines is 2. The number of hydrogen-bond acceptors (Lipinski definition) is 5. The van der Waals surface area contributed by atoms with E-state index in [1.54, 1.807) is 12.1 Å². The highest BCUT2D eigenvalue weighted by molar-refractivity contribution is 6.30. The van der Waals surface area contributed by atoms with Crippen LogP contribution in [0.4, 0.5) is 11.6 Å². The maximum atomic E-state index is 12.9. The molecular weight excluding hydrogens is 390 g/mol. The summed E-state index contributed by atoms with van der Waals surface area (Å²) in [6.07, 6.45) is 2.10. The average molecular weight is 413 g/mol. The lowest BCUT2D eigenvalue weighted by Crippen LogP contribution is -2.50. The van der Waals surface area contributed by atoms with E-state index < -0.39 is 5.92 Å². The fourth-order valence-electron chi connectivity index (χ4n) is 3.81. The quantitative estimate of drug-likeness (QED) is 0.838. The Morgan fingerprint density at radius 2 is 1.90 bits per heavy atom. The van der Waals surface area contributed by atoms with E-state index in [9.17, 15) is 9.59 Å². The van der Waals surface area contributed by atoms with Crippen LogP contribution in [0, 0.1) is 12.8 Å². The second-order valence-corrected chi connectivity index (χ2v) is 7.97. The Labute approximate surface area is 175 Å². The minimum absolute atomic E-state index is 0.0116. The normalized spacial score (nSPS) is 20.1. The van der Waals surface area contributed by atoms with Crippen LogP contribution in [-0.4, -0.2) is 52.9 Å². The lowest BCUT2D eigenvalue weighted by Gasteiger charge is -2.38. The molecule has 2 aromatic rings. The Morgan fingerprint density at radius 1 is 1.21 bits per heavy atom. The van der Waals surface area contributed by atoms with E-state index >= 15 is 0 Å². The first-order chi connectivity index (χ1) is 13.9. The Hall–Kier alpha value is -2.67. The molecule has 0 saturated carbocycles. The summed E-state index contributed by atoms with van der Waals surface area (Å²) < 4.78 is 0. The molecule has 0 aliphatic carbocycles. The van der Waals surface area contributed by atoms with Crippen molar-refractivity contribution in [3.63, 3.8) is 0 Å². The third kappa shape index (κ3) is 3.92. The summed E-state index contributed by atoms with van der Waals surface area (Å²) in [7, 11) is 0. The van der Waals surface area contributed by atoms with Gasteiger partial charge in [-0.05, 0) is 31.0 Å². The number of amides is 2. The van der Waals surface area contributed by atoms with Crippen molar-refractivity contribution in [2.24, 2.45) is 5.92 Å². The summed E-state index contributed by atoms with van der Waals surface area (Å²) in [5.41, 5.74) is 1.83. The van der Waals surface area contributed by atoms with Gasteiger partial charge in [0.15, 0.2) is 0 Å². The zero-order valence-corrected chi connectivity index (χ0v) is 17.0. The number of rotatable bonds is 3. The molecule has 1 N–H and O–H groups in total. The van der Waals surface area contributed by atoms with Crippen molar-refractivity contribution < 1.29 is 9.59 Å². The largest absolute Gasteiger partial charge is 0.353 e. The number of hydrogen-bond donors (Lipinski definition) is 1. The predicted octanol–water partition coefficient (Wildman–Crippen LogP) is 2.53. The summed E-state index contributed by atoms with van der Waals surface area (Å²) in [5.74, 6) is 0.872. The van der Waals surface area contributed by atoms with E-state index in [0.717, 1.165) is 16.9 Å². The Kier molecular flexibility index (Phi) is 5.41. The third-order valence-corrected chi connectivity index (χ3v) is 5.84. The standard InChI is InChI=1S/C21H23ClN5O2/c1-13-11-17-18(25-20(13)28)23-12-24-19(17)26-7-9-27(10-8-26)21(29)14(2)15-3-5-16(22)6-4-15/h3-6,12-14H,2,7-11H2,1H3,(H,23,24,25,28)/t13?,14-/m1/s1. The molecule has 151 valence electrons. The molecule has 7 nitrogen and oxygen atoms in total. The highest BCUT2D eigenvalue weighted by Crippen LogP contribution is 2.31. The van der Waals surface area contributed by atoms with Crippen LogP contribution in [0.3, 0.4) is 0 Å². The summed E-state index contributed by atoms with van der Waals surface area (Å²) >= 11 is 5.93. The van der Waals surface area contributed by atoms with Crippen molar-refractivity contribution in [3.8, 4) is 0 Å². The van der Waals surface area contributed by atoms with Crippen molar-refractivity contribution in [2.45, 2.75) is 19.3 Å². The lowest BCUT2D eigenvalue weighted by atomic mass is 9.96. The van der Waals surface area contributed by atoms with Crippen LogP contribution in [0.15, 0.2) is 30.6 Å². The lowest BCUT2D eigenvalue weighted by molar-refractivity contribution is -0.132. The van der Waals surface area contributed by atoms with Crippen LogP contribution in [0.25, 0.3) is 0 Å². The van der Waals surface area contributed by atoms with Gasteiger partial charge in [-0.1, -0.05) is 30.7 Å². The van der Waals surface area contributed by atoms with Crippen molar-refractivity contribution in [1.82, 2.24) is 14.9 Å². The fraction of sp³-hybridized carbons (Fsp3) is 0.381. The zero-order chi connectivity index (χ0) is 20.5. The molecule has 2 aliphatic rings. The minimum Gasteiger partial charge on any atom is -0.353 e. The molecule has 2 amide bonds. The number of aromatic nitrogens is 2. The molecule has 2 atom stereocenters. The van der Waals surface area contributed by atoms with Gasteiger partial charge >= 0.3 is 0 Å². The van der Waals surface area contributed by atoms with Gasteiger partial charge in [0.1, 0.15) is 18.0 Å². The molecule has 1 aromatic carbocycles. The third-order valence-electron chi connectivity index (χ3n) is 5.58. The van der Waals surface area contributed by atoms with Gasteiger partial charge in [-0.15, -0.1) is 0 Å². The SMILES string of the molecule is [CH2][C@@H](C(=O)N1CCN(c2ncnc3c2CC(C)C(=O)N3)CC1)c1ccc(Cl)cc1. The van der Waals surface area contributed by atoms with Crippen molar-refractivity contribution in [3.05, 3.63) is 53.7 Å². The Morgan fingerprint density at radius 3 is 2.59 bits per heavy atom. The van der Waals surface area contributed by atoms with Crippen LogP contribution in [0.2, 0.25) is 5.02 Å². The topological polar surface area (TPSA) is 78.4 Å². The van der Waals surface area contributed by atoms with Crippen LogP contribution in [0.1, 0.15) is 24.0 Å². The van der Waals surface area contributed by atoms with E-state index in [2.05, 4.69) is 27.1 Å². The molecule has 1 fully saturated rings. The number of benzene rings is 1. The van der Waals surface area contributed by atoms with Gasteiger partial charge in [-0.2, -0.15) is 0 Å². The maximum absolute atomic E-state index is 12.9. The monoisotopic (exact) mass is 412 g/mol. The predicted molar refractivity (Wildman–Crippen MR) is 112 cm³/mol. The van der Waals surface area contributed by atoms with E-state index in [4.69, 9.17) is 11.6 Å². The second kappa shape index (κ2) is 7.99. The number of fused-ring (bicyclic) bond motifs is 1. The zero-order valence-electron chi connectivity index (χ0n) is 16.3. The first-order valence-corrected chi connectivity index (χ1v) is 10.1. The molecule has 8 heteroatoms. The molecule has 2 aliphatic heterocycles. The molecular formula is C21H23ClN5O2. The molecule has 1 unspecified atom stereocenters. The Balaban J connectivity index is 1.44. The van der Waals surface area contributed by atoms with Crippen LogP contribution < -0.4 is 10.2 Å². The summed E-state index contributed by atoms with van der Waals surface area (Å²) in [6.45, 7) is 8.49. The number of nitrogens with zero attached hydrogens (tertiary/aromatic N) is 4. The molecule has 1 radical (unpaired) electrons. The van der Waals surface area contributed by atoms with Gasteiger partial charge in [0.25, 0.3) is 0 Å². The van der Waals surface area contributed by atoms with Gasteiger partial charge in [-0.3, -0.25) is 9.59 Å². The van der Waals surface area contributed by atoms with Crippen molar-refractivity contribution in [2.75, 3.05) is 36.4 Å². The molecule has 0 bridgehead atoms. The average Bonchev–Trinajstić information content (AvgIpc) is 2.74. The van der Waals surface area contributed by atoms with Gasteiger partial charge in [0, 0.05) is 42.7 Å². The maximum Gasteiger partial charge on any atom is 0.230 e. The molecule has 29 heavy (non-hydrogen) atoms. The van der Waals surface area contributed by atoms with Crippen LogP contribution in [-0.2, 0) is 16.0 Å². The van der Waals surface area contributed by atoms with E-state index in [-0.39, 0.29) is 17.7 Å². The molecule has 0 spiro atoms. The minimum atomic E-state index is -0.457. The molecule has 1 saturated heterocycles. The van der Waals surface area contributed by atoms with E-state index in [1.807, 2.05) is 24.0 Å². The first-order valence-electron chi connectivity index (χ1n) is 9.71. The Bertz CT molecular complexity index is 925. The summed E-state index contributed by atoms with van der Waals surface area (Å²) in [5, 5.41) is 3.49. The van der Waals surface area contributed by atoms with Gasteiger partial charge in [-0.25, -0.2) is 9.97 Å². The number of piperazine rings is 1. The van der Waals surface area contributed by atoms with E-state index in [1.165, 1.54) is 6.33 Å². The molecule has 4 rings (SSSR count). The highest BCUT2D eigenvalue weighted by Gasteiger charge is 2.31. The number of halogens is 1. The van der Waals surface area contributed by atoms with Crippen molar-refractivity contribution >= 4 is 35.1 Å². The smallest absolute Gasteiger partial charge is 0.230 e.